The lowest BCUT2D eigenvalue weighted by molar-refractivity contribution is -0.141. The van der Waals surface area contributed by atoms with Crippen molar-refractivity contribution in [2.24, 2.45) is 0 Å². The van der Waals surface area contributed by atoms with Crippen molar-refractivity contribution in [2.45, 2.75) is 65.0 Å². The van der Waals surface area contributed by atoms with Crippen molar-refractivity contribution < 1.29 is 14.3 Å². The minimum absolute atomic E-state index is 0.00116. The van der Waals surface area contributed by atoms with Crippen LogP contribution in [0.5, 0.6) is 5.75 Å². The average molecular weight is 425 g/mol. The maximum atomic E-state index is 13.1. The first-order valence-corrected chi connectivity index (χ1v) is 11.4. The van der Waals surface area contributed by atoms with Gasteiger partial charge in [-0.2, -0.15) is 0 Å². The Hall–Kier alpha value is -2.82. The van der Waals surface area contributed by atoms with Crippen molar-refractivity contribution in [1.82, 2.24) is 10.2 Å². The molecule has 0 aromatic heterocycles. The number of benzene rings is 2. The van der Waals surface area contributed by atoms with Gasteiger partial charge in [0.05, 0.1) is 6.61 Å². The van der Waals surface area contributed by atoms with Gasteiger partial charge in [0.2, 0.25) is 11.8 Å². The molecule has 0 saturated carbocycles. The highest BCUT2D eigenvalue weighted by Crippen LogP contribution is 2.13. The van der Waals surface area contributed by atoms with Crippen LogP contribution >= 0.6 is 0 Å². The van der Waals surface area contributed by atoms with Gasteiger partial charge < -0.3 is 15.0 Å². The highest BCUT2D eigenvalue weighted by Gasteiger charge is 2.28. The normalized spacial score (nSPS) is 12.6. The molecule has 0 aliphatic rings. The van der Waals surface area contributed by atoms with Crippen LogP contribution in [0.1, 0.15) is 52.0 Å². The van der Waals surface area contributed by atoms with E-state index in [2.05, 4.69) is 17.4 Å². The molecule has 0 saturated heterocycles. The first kappa shape index (κ1) is 24.4. The van der Waals surface area contributed by atoms with Crippen LogP contribution in [0.2, 0.25) is 0 Å². The van der Waals surface area contributed by atoms with Crippen LogP contribution in [0.3, 0.4) is 0 Å². The SMILES string of the molecule is CC[C@H](C(=O)N[C@@H](C)CC)N(CCc1ccccc1)C(=O)CCCOc1ccccc1. The highest BCUT2D eigenvalue weighted by atomic mass is 16.5. The third-order valence-corrected chi connectivity index (χ3v) is 5.42. The fourth-order valence-corrected chi connectivity index (χ4v) is 3.41. The lowest BCUT2D eigenvalue weighted by atomic mass is 10.1. The van der Waals surface area contributed by atoms with Gasteiger partial charge in [0.25, 0.3) is 0 Å². The summed E-state index contributed by atoms with van der Waals surface area (Å²) in [7, 11) is 0. The van der Waals surface area contributed by atoms with E-state index >= 15 is 0 Å². The number of hydrogen-bond acceptors (Lipinski definition) is 3. The number of nitrogens with zero attached hydrogens (tertiary/aromatic N) is 1. The summed E-state index contributed by atoms with van der Waals surface area (Å²) in [6.45, 7) is 6.98. The Kier molecular flexibility index (Phi) is 10.6. The average Bonchev–Trinajstić information content (AvgIpc) is 2.80. The summed E-state index contributed by atoms with van der Waals surface area (Å²) >= 11 is 0. The zero-order valence-electron chi connectivity index (χ0n) is 19.0. The van der Waals surface area contributed by atoms with E-state index in [0.29, 0.717) is 32.4 Å². The van der Waals surface area contributed by atoms with Crippen molar-refractivity contribution in [2.75, 3.05) is 13.2 Å². The van der Waals surface area contributed by atoms with Crippen molar-refractivity contribution in [3.05, 3.63) is 66.2 Å². The van der Waals surface area contributed by atoms with E-state index in [-0.39, 0.29) is 17.9 Å². The molecular weight excluding hydrogens is 388 g/mol. The topological polar surface area (TPSA) is 58.6 Å². The molecule has 0 radical (unpaired) electrons. The summed E-state index contributed by atoms with van der Waals surface area (Å²) in [5, 5.41) is 3.05. The van der Waals surface area contributed by atoms with Gasteiger partial charge in [-0.25, -0.2) is 0 Å². The quantitative estimate of drug-likeness (QED) is 0.478. The van der Waals surface area contributed by atoms with E-state index in [1.165, 1.54) is 0 Å². The number of ether oxygens (including phenoxy) is 1. The Balaban J connectivity index is 2.00. The zero-order valence-corrected chi connectivity index (χ0v) is 19.0. The molecule has 2 rings (SSSR count). The van der Waals surface area contributed by atoms with Crippen LogP contribution in [0.25, 0.3) is 0 Å². The van der Waals surface area contributed by atoms with E-state index in [4.69, 9.17) is 4.74 Å². The summed E-state index contributed by atoms with van der Waals surface area (Å²) in [5.41, 5.74) is 1.16. The number of para-hydroxylation sites is 1. The predicted molar refractivity (Wildman–Crippen MR) is 125 cm³/mol. The molecule has 5 heteroatoms. The molecule has 0 heterocycles. The number of rotatable bonds is 13. The van der Waals surface area contributed by atoms with Gasteiger partial charge in [0.15, 0.2) is 0 Å². The van der Waals surface area contributed by atoms with Gasteiger partial charge in [0, 0.05) is 19.0 Å². The summed E-state index contributed by atoms with van der Waals surface area (Å²) in [4.78, 5) is 27.8. The Morgan fingerprint density at radius 2 is 1.61 bits per heavy atom. The second-order valence-electron chi connectivity index (χ2n) is 7.83. The largest absolute Gasteiger partial charge is 0.494 e. The lowest BCUT2D eigenvalue weighted by Gasteiger charge is -2.31. The Labute approximate surface area is 186 Å². The van der Waals surface area contributed by atoms with Gasteiger partial charge >= 0.3 is 0 Å². The van der Waals surface area contributed by atoms with Crippen molar-refractivity contribution in [3.63, 3.8) is 0 Å². The van der Waals surface area contributed by atoms with E-state index in [1.807, 2.05) is 69.3 Å². The molecule has 0 bridgehead atoms. The summed E-state index contributed by atoms with van der Waals surface area (Å²) in [5.74, 6) is 0.729. The standard InChI is InChI=1S/C26H36N2O3/c1-4-21(3)27-26(30)24(5-2)28(19-18-22-13-8-6-9-14-22)25(29)17-12-20-31-23-15-10-7-11-16-23/h6-11,13-16,21,24H,4-5,12,17-20H2,1-3H3,(H,27,30)/t21-,24+/m0/s1. The minimum atomic E-state index is -0.458. The smallest absolute Gasteiger partial charge is 0.243 e. The van der Waals surface area contributed by atoms with Crippen LogP contribution < -0.4 is 10.1 Å². The van der Waals surface area contributed by atoms with Crippen LogP contribution in [-0.4, -0.2) is 41.9 Å². The van der Waals surface area contributed by atoms with Crippen LogP contribution in [0, 0.1) is 0 Å². The van der Waals surface area contributed by atoms with Crippen molar-refractivity contribution in [1.29, 1.82) is 0 Å². The molecule has 0 spiro atoms. The Morgan fingerprint density at radius 3 is 2.23 bits per heavy atom. The second kappa shape index (κ2) is 13.5. The fraction of sp³-hybridized carbons (Fsp3) is 0.462. The number of amides is 2. The molecule has 31 heavy (non-hydrogen) atoms. The molecular formula is C26H36N2O3. The molecule has 1 N–H and O–H groups in total. The predicted octanol–water partition coefficient (Wildman–Crippen LogP) is 4.61. The molecule has 2 aromatic carbocycles. The molecule has 2 aromatic rings. The lowest BCUT2D eigenvalue weighted by Crippen LogP contribution is -2.51. The number of carbonyl (C=O) groups is 2. The summed E-state index contributed by atoms with van der Waals surface area (Å²) in [6.07, 6.45) is 3.13. The molecule has 0 aliphatic carbocycles. The summed E-state index contributed by atoms with van der Waals surface area (Å²) in [6, 6.07) is 19.3. The minimum Gasteiger partial charge on any atom is -0.494 e. The third kappa shape index (κ3) is 8.44. The first-order valence-electron chi connectivity index (χ1n) is 11.4. The highest BCUT2D eigenvalue weighted by molar-refractivity contribution is 5.87. The second-order valence-corrected chi connectivity index (χ2v) is 7.83. The van der Waals surface area contributed by atoms with Gasteiger partial charge in [-0.3, -0.25) is 9.59 Å². The van der Waals surface area contributed by atoms with E-state index in [0.717, 1.165) is 24.2 Å². The van der Waals surface area contributed by atoms with E-state index in [1.54, 1.807) is 4.90 Å². The number of hydrogen-bond donors (Lipinski definition) is 1. The number of carbonyl (C=O) groups excluding carboxylic acids is 2. The van der Waals surface area contributed by atoms with Gasteiger partial charge in [-0.15, -0.1) is 0 Å². The zero-order chi connectivity index (χ0) is 22.5. The third-order valence-electron chi connectivity index (χ3n) is 5.42. The van der Waals surface area contributed by atoms with Gasteiger partial charge in [0.1, 0.15) is 11.8 Å². The number of nitrogens with one attached hydrogen (secondary N) is 1. The summed E-state index contributed by atoms with van der Waals surface area (Å²) < 4.78 is 5.72. The molecule has 2 amide bonds. The fourth-order valence-electron chi connectivity index (χ4n) is 3.41. The van der Waals surface area contributed by atoms with Crippen molar-refractivity contribution >= 4 is 11.8 Å². The molecule has 0 fully saturated rings. The Bertz CT molecular complexity index is 780. The maximum Gasteiger partial charge on any atom is 0.243 e. The molecule has 5 nitrogen and oxygen atoms in total. The van der Waals surface area contributed by atoms with Crippen molar-refractivity contribution in [3.8, 4) is 5.75 Å². The maximum absolute atomic E-state index is 13.1. The molecule has 0 aliphatic heterocycles. The van der Waals surface area contributed by atoms with Crippen LogP contribution in [-0.2, 0) is 16.0 Å². The van der Waals surface area contributed by atoms with Crippen LogP contribution in [0.15, 0.2) is 60.7 Å². The molecule has 168 valence electrons. The first-order chi connectivity index (χ1) is 15.0. The Morgan fingerprint density at radius 1 is 0.968 bits per heavy atom. The van der Waals surface area contributed by atoms with Gasteiger partial charge in [-0.05, 0) is 50.3 Å². The monoisotopic (exact) mass is 424 g/mol. The molecule has 0 unspecified atom stereocenters. The van der Waals surface area contributed by atoms with Crippen LogP contribution in [0.4, 0.5) is 0 Å². The van der Waals surface area contributed by atoms with E-state index in [9.17, 15) is 9.59 Å². The van der Waals surface area contributed by atoms with Gasteiger partial charge in [-0.1, -0.05) is 62.4 Å². The molecule has 2 atom stereocenters. The van der Waals surface area contributed by atoms with E-state index < -0.39 is 6.04 Å².